The summed E-state index contributed by atoms with van der Waals surface area (Å²) in [5.41, 5.74) is 2.14. The fraction of sp³-hybridized carbons (Fsp3) is 0.100. The van der Waals surface area contributed by atoms with Crippen LogP contribution in [0.15, 0.2) is 73.1 Å². The van der Waals surface area contributed by atoms with Gasteiger partial charge in [0.1, 0.15) is 5.75 Å². The van der Waals surface area contributed by atoms with Crippen molar-refractivity contribution in [2.75, 3.05) is 0 Å². The van der Waals surface area contributed by atoms with Crippen LogP contribution in [0.3, 0.4) is 0 Å². The molecule has 0 spiro atoms. The second-order valence-electron chi connectivity index (χ2n) is 5.59. The van der Waals surface area contributed by atoms with Crippen molar-refractivity contribution in [1.29, 1.82) is 0 Å². The maximum atomic E-state index is 12.4. The first-order chi connectivity index (χ1) is 13.1. The highest BCUT2D eigenvalue weighted by molar-refractivity contribution is 5.91. The van der Waals surface area contributed by atoms with Gasteiger partial charge >= 0.3 is 6.61 Å². The van der Waals surface area contributed by atoms with E-state index < -0.39 is 6.61 Å². The molecule has 0 saturated heterocycles. The molecule has 7 heteroatoms. The molecule has 0 saturated carbocycles. The second kappa shape index (κ2) is 8.75. The van der Waals surface area contributed by atoms with Gasteiger partial charge in [0.25, 0.3) is 0 Å². The summed E-state index contributed by atoms with van der Waals surface area (Å²) in [6, 6.07) is 15.9. The van der Waals surface area contributed by atoms with Crippen molar-refractivity contribution in [2.24, 2.45) is 0 Å². The van der Waals surface area contributed by atoms with Crippen molar-refractivity contribution < 1.29 is 18.3 Å². The molecule has 27 heavy (non-hydrogen) atoms. The van der Waals surface area contributed by atoms with Crippen LogP contribution in [-0.2, 0) is 11.3 Å². The molecule has 0 fully saturated rings. The van der Waals surface area contributed by atoms with Crippen LogP contribution in [0, 0.1) is 0 Å². The van der Waals surface area contributed by atoms with Crippen LogP contribution in [0.2, 0.25) is 0 Å². The number of alkyl halides is 2. The molecule has 1 N–H and O–H groups in total. The zero-order valence-corrected chi connectivity index (χ0v) is 14.3. The summed E-state index contributed by atoms with van der Waals surface area (Å²) in [5, 5.41) is 6.89. The molecular formula is C20H17F2N3O2. The molecule has 3 aromatic rings. The molecule has 0 aliphatic rings. The van der Waals surface area contributed by atoms with Crippen molar-refractivity contribution in [1.82, 2.24) is 15.1 Å². The van der Waals surface area contributed by atoms with Gasteiger partial charge < -0.3 is 10.1 Å². The summed E-state index contributed by atoms with van der Waals surface area (Å²) in [6.07, 6.45) is 6.43. The molecule has 0 unspecified atom stereocenters. The molecule has 0 aliphatic heterocycles. The minimum Gasteiger partial charge on any atom is -0.434 e. The molecule has 0 bridgehead atoms. The largest absolute Gasteiger partial charge is 0.434 e. The molecule has 0 radical (unpaired) electrons. The minimum absolute atomic E-state index is 0.0425. The molecule has 0 atom stereocenters. The van der Waals surface area contributed by atoms with E-state index in [-0.39, 0.29) is 18.2 Å². The summed E-state index contributed by atoms with van der Waals surface area (Å²) < 4.78 is 30.9. The lowest BCUT2D eigenvalue weighted by atomic mass is 10.2. The third-order valence-corrected chi connectivity index (χ3v) is 3.69. The van der Waals surface area contributed by atoms with Crippen molar-refractivity contribution >= 4 is 12.0 Å². The number of nitrogens with zero attached hydrogens (tertiary/aromatic N) is 2. The maximum Gasteiger partial charge on any atom is 0.387 e. The highest BCUT2D eigenvalue weighted by Crippen LogP contribution is 2.19. The Hall–Kier alpha value is -3.48. The molecule has 1 heterocycles. The third-order valence-electron chi connectivity index (χ3n) is 3.69. The quantitative estimate of drug-likeness (QED) is 0.645. The SMILES string of the molecule is O=C(/C=C/c1cnn(-c2ccccc2)c1)NCc1ccccc1OC(F)F. The molecular weight excluding hydrogens is 352 g/mol. The van der Waals surface area contributed by atoms with Crippen LogP contribution in [0.25, 0.3) is 11.8 Å². The van der Waals surface area contributed by atoms with Gasteiger partial charge in [-0.05, 0) is 24.3 Å². The van der Waals surface area contributed by atoms with Crippen LogP contribution in [0.1, 0.15) is 11.1 Å². The summed E-state index contributed by atoms with van der Waals surface area (Å²) >= 11 is 0. The summed E-state index contributed by atoms with van der Waals surface area (Å²) in [5.74, 6) is -0.310. The van der Waals surface area contributed by atoms with Gasteiger partial charge in [0.15, 0.2) is 0 Å². The number of para-hydroxylation sites is 2. The van der Waals surface area contributed by atoms with Crippen LogP contribution in [0.5, 0.6) is 5.75 Å². The number of amides is 1. The molecule has 138 valence electrons. The summed E-state index contributed by atoms with van der Waals surface area (Å²) in [4.78, 5) is 12.0. The van der Waals surface area contributed by atoms with E-state index in [2.05, 4.69) is 15.2 Å². The van der Waals surface area contributed by atoms with E-state index >= 15 is 0 Å². The highest BCUT2D eigenvalue weighted by Gasteiger charge is 2.09. The van der Waals surface area contributed by atoms with E-state index in [0.29, 0.717) is 5.56 Å². The van der Waals surface area contributed by atoms with Crippen molar-refractivity contribution in [2.45, 2.75) is 13.2 Å². The Morgan fingerprint density at radius 2 is 1.89 bits per heavy atom. The lowest BCUT2D eigenvalue weighted by Gasteiger charge is -2.10. The molecule has 1 amide bonds. The summed E-state index contributed by atoms with van der Waals surface area (Å²) in [6.45, 7) is -2.84. The van der Waals surface area contributed by atoms with E-state index in [1.807, 2.05) is 30.3 Å². The Bertz CT molecular complexity index is 924. The Morgan fingerprint density at radius 1 is 1.15 bits per heavy atom. The minimum atomic E-state index is -2.91. The van der Waals surface area contributed by atoms with E-state index in [9.17, 15) is 13.6 Å². The first-order valence-electron chi connectivity index (χ1n) is 8.20. The van der Waals surface area contributed by atoms with Crippen LogP contribution in [0.4, 0.5) is 8.78 Å². The molecule has 5 nitrogen and oxygen atoms in total. The molecule has 2 aromatic carbocycles. The highest BCUT2D eigenvalue weighted by atomic mass is 19.3. The number of nitrogens with one attached hydrogen (secondary N) is 1. The predicted octanol–water partition coefficient (Wildman–Crippen LogP) is 3.80. The number of rotatable bonds is 7. The smallest absolute Gasteiger partial charge is 0.387 e. The van der Waals surface area contributed by atoms with Crippen molar-refractivity contribution in [3.8, 4) is 11.4 Å². The van der Waals surface area contributed by atoms with Crippen molar-refractivity contribution in [3.63, 3.8) is 0 Å². The van der Waals surface area contributed by atoms with Gasteiger partial charge in [-0.3, -0.25) is 4.79 Å². The number of hydrogen-bond acceptors (Lipinski definition) is 3. The van der Waals surface area contributed by atoms with Crippen molar-refractivity contribution in [3.05, 3.63) is 84.2 Å². The molecule has 1 aromatic heterocycles. The Labute approximate surface area is 154 Å². The van der Waals surface area contributed by atoms with Gasteiger partial charge in [-0.2, -0.15) is 13.9 Å². The van der Waals surface area contributed by atoms with E-state index in [4.69, 9.17) is 0 Å². The van der Waals surface area contributed by atoms with Gasteiger partial charge in [0.05, 0.1) is 11.9 Å². The van der Waals surface area contributed by atoms with E-state index in [1.165, 1.54) is 12.1 Å². The predicted molar refractivity (Wildman–Crippen MR) is 97.5 cm³/mol. The fourth-order valence-electron chi connectivity index (χ4n) is 2.42. The average Bonchev–Trinajstić information content (AvgIpc) is 3.15. The van der Waals surface area contributed by atoms with Crippen LogP contribution >= 0.6 is 0 Å². The van der Waals surface area contributed by atoms with Gasteiger partial charge in [-0.15, -0.1) is 0 Å². The summed E-state index contributed by atoms with van der Waals surface area (Å²) in [7, 11) is 0. The fourth-order valence-corrected chi connectivity index (χ4v) is 2.42. The van der Waals surface area contributed by atoms with E-state index in [1.54, 1.807) is 41.4 Å². The monoisotopic (exact) mass is 369 g/mol. The lowest BCUT2D eigenvalue weighted by molar-refractivity contribution is -0.116. The number of ether oxygens (including phenoxy) is 1. The van der Waals surface area contributed by atoms with Crippen LogP contribution < -0.4 is 10.1 Å². The Morgan fingerprint density at radius 3 is 2.67 bits per heavy atom. The van der Waals surface area contributed by atoms with Gasteiger partial charge in [-0.1, -0.05) is 36.4 Å². The molecule has 3 rings (SSSR count). The Balaban J connectivity index is 1.58. The lowest BCUT2D eigenvalue weighted by Crippen LogP contribution is -2.21. The van der Waals surface area contributed by atoms with Gasteiger partial charge in [0, 0.05) is 29.9 Å². The number of benzene rings is 2. The zero-order chi connectivity index (χ0) is 19.1. The zero-order valence-electron chi connectivity index (χ0n) is 14.3. The molecule has 0 aliphatic carbocycles. The van der Waals surface area contributed by atoms with Crippen LogP contribution in [-0.4, -0.2) is 22.3 Å². The number of hydrogen-bond donors (Lipinski definition) is 1. The maximum absolute atomic E-state index is 12.4. The normalized spacial score (nSPS) is 11.1. The first kappa shape index (κ1) is 18.3. The number of aromatic nitrogens is 2. The first-order valence-corrected chi connectivity index (χ1v) is 8.20. The van der Waals surface area contributed by atoms with Gasteiger partial charge in [-0.25, -0.2) is 4.68 Å². The van der Waals surface area contributed by atoms with Gasteiger partial charge in [0.2, 0.25) is 5.91 Å². The third kappa shape index (κ3) is 5.24. The Kier molecular flexibility index (Phi) is 5.94. The average molecular weight is 369 g/mol. The number of halogens is 2. The second-order valence-corrected chi connectivity index (χ2v) is 5.59. The number of carbonyl (C=O) groups excluding carboxylic acids is 1. The number of carbonyl (C=O) groups is 1. The standard InChI is InChI=1S/C20H17F2N3O2/c21-20(22)27-18-9-5-4-6-16(18)13-23-19(26)11-10-15-12-24-25(14-15)17-7-2-1-3-8-17/h1-12,14,20H,13H2,(H,23,26)/b11-10+. The van der Waals surface area contributed by atoms with E-state index in [0.717, 1.165) is 11.3 Å². The topological polar surface area (TPSA) is 56.2 Å².